The SMILES string of the molecule is CCCCCCCCCCCCCC(=O)OCC(COP(=O)(OCC)OCC[N+](C)(C)CCSSC(CC(=O)O)C(C)=O)OC(=O)CCCCCCCCCCCCC. The van der Waals surface area contributed by atoms with Crippen molar-refractivity contribution in [1.29, 1.82) is 0 Å². The highest BCUT2D eigenvalue weighted by Crippen LogP contribution is 2.49. The van der Waals surface area contributed by atoms with Gasteiger partial charge in [-0.3, -0.25) is 32.7 Å². The Morgan fingerprint density at radius 1 is 0.627 bits per heavy atom. The zero-order chi connectivity index (χ0) is 44.0. The van der Waals surface area contributed by atoms with Crippen molar-refractivity contribution in [2.75, 3.05) is 59.4 Å². The van der Waals surface area contributed by atoms with Gasteiger partial charge < -0.3 is 19.1 Å². The van der Waals surface area contributed by atoms with Crippen LogP contribution in [0.2, 0.25) is 0 Å². The lowest BCUT2D eigenvalue weighted by atomic mass is 10.1. The zero-order valence-electron chi connectivity index (χ0n) is 38.0. The summed E-state index contributed by atoms with van der Waals surface area (Å²) < 4.78 is 42.2. The Bertz CT molecular complexity index is 1130. The molecule has 0 rings (SSSR count). The number of Topliss-reactive ketones (excluding diaryl/α,β-unsaturated/α-hetero) is 1. The number of ketones is 1. The van der Waals surface area contributed by atoms with Crippen LogP contribution in [-0.4, -0.2) is 104 Å². The molecule has 0 aromatic rings. The molecular formula is C44H85NO11PS2+. The largest absolute Gasteiger partial charge is 0.481 e. The standard InChI is InChI=1S/C44H84NO11PS2/c1-7-10-12-14-16-18-20-22-24-26-28-30-43(49)52-37-40(56-44(50)31-29-27-25-23-21-19-17-15-13-11-8-2)38-55-57(51,53-9-3)54-34-32-45(5,6)33-35-58-59-41(39(4)46)36-42(47)48/h40-41H,7-38H2,1-6H3/p+1. The third kappa shape index (κ3) is 37.2. The number of rotatable bonds is 44. The number of quaternary nitrogens is 1. The number of aliphatic carboxylic acids is 1. The summed E-state index contributed by atoms with van der Waals surface area (Å²) in [7, 11) is 2.63. The van der Waals surface area contributed by atoms with Gasteiger partial charge in [-0.2, -0.15) is 0 Å². The number of carboxylic acid groups (broad SMARTS) is 1. The zero-order valence-corrected chi connectivity index (χ0v) is 40.6. The van der Waals surface area contributed by atoms with Crippen LogP contribution in [0.1, 0.15) is 188 Å². The van der Waals surface area contributed by atoms with E-state index in [0.29, 0.717) is 29.7 Å². The van der Waals surface area contributed by atoms with Crippen LogP contribution in [0.3, 0.4) is 0 Å². The number of hydrogen-bond donors (Lipinski definition) is 1. The van der Waals surface area contributed by atoms with Gasteiger partial charge in [0, 0.05) is 12.8 Å². The van der Waals surface area contributed by atoms with Crippen LogP contribution in [0, 0.1) is 0 Å². The maximum atomic E-state index is 13.6. The monoisotopic (exact) mass is 899 g/mol. The highest BCUT2D eigenvalue weighted by Gasteiger charge is 2.31. The van der Waals surface area contributed by atoms with E-state index in [4.69, 9.17) is 28.2 Å². The Morgan fingerprint density at radius 2 is 1.10 bits per heavy atom. The number of likely N-dealkylation sites (N-methyl/N-ethyl adjacent to an activating group) is 1. The van der Waals surface area contributed by atoms with Crippen molar-refractivity contribution in [3.63, 3.8) is 0 Å². The van der Waals surface area contributed by atoms with Crippen LogP contribution in [0.25, 0.3) is 0 Å². The van der Waals surface area contributed by atoms with Crippen LogP contribution < -0.4 is 0 Å². The van der Waals surface area contributed by atoms with Crippen molar-refractivity contribution in [2.24, 2.45) is 0 Å². The Hall–Kier alpha value is -1.15. The number of phosphoric ester groups is 1. The van der Waals surface area contributed by atoms with E-state index in [1.807, 2.05) is 14.1 Å². The molecule has 0 heterocycles. The van der Waals surface area contributed by atoms with E-state index in [-0.39, 0.29) is 57.4 Å². The minimum atomic E-state index is -4.05. The first-order chi connectivity index (χ1) is 28.3. The van der Waals surface area contributed by atoms with E-state index in [1.165, 1.54) is 125 Å². The van der Waals surface area contributed by atoms with Crippen molar-refractivity contribution in [1.82, 2.24) is 0 Å². The lowest BCUT2D eigenvalue weighted by molar-refractivity contribution is -0.887. The highest BCUT2D eigenvalue weighted by molar-refractivity contribution is 8.77. The third-order valence-electron chi connectivity index (χ3n) is 10.1. The fourth-order valence-electron chi connectivity index (χ4n) is 6.26. The molecule has 59 heavy (non-hydrogen) atoms. The van der Waals surface area contributed by atoms with E-state index in [1.54, 1.807) is 6.92 Å². The number of phosphoric acid groups is 1. The molecule has 0 fully saturated rings. The molecule has 0 saturated heterocycles. The minimum absolute atomic E-state index is 0.0500. The number of hydrogen-bond acceptors (Lipinski definition) is 12. The second-order valence-corrected chi connectivity index (χ2v) is 20.7. The molecule has 348 valence electrons. The van der Waals surface area contributed by atoms with Crippen LogP contribution in [0.15, 0.2) is 0 Å². The number of esters is 2. The molecule has 0 aromatic carbocycles. The van der Waals surface area contributed by atoms with Crippen molar-refractivity contribution < 1.29 is 56.4 Å². The second-order valence-electron chi connectivity index (χ2n) is 16.4. The number of ether oxygens (including phenoxy) is 2. The first-order valence-electron chi connectivity index (χ1n) is 23.0. The van der Waals surface area contributed by atoms with E-state index >= 15 is 0 Å². The second kappa shape index (κ2) is 38.5. The molecule has 0 aromatic heterocycles. The molecule has 3 atom stereocenters. The fraction of sp³-hybridized carbons (Fsp3) is 0.909. The van der Waals surface area contributed by atoms with Gasteiger partial charge in [0.1, 0.15) is 25.5 Å². The Kier molecular flexibility index (Phi) is 37.8. The lowest BCUT2D eigenvalue weighted by Crippen LogP contribution is -2.43. The molecule has 15 heteroatoms. The summed E-state index contributed by atoms with van der Waals surface area (Å²) in [5.41, 5.74) is 0. The topological polar surface area (TPSA) is 152 Å². The maximum Gasteiger partial charge on any atom is 0.475 e. The lowest BCUT2D eigenvalue weighted by Gasteiger charge is -2.30. The third-order valence-corrected chi connectivity index (χ3v) is 14.5. The Balaban J connectivity index is 5.00. The van der Waals surface area contributed by atoms with Crippen molar-refractivity contribution in [3.8, 4) is 0 Å². The van der Waals surface area contributed by atoms with E-state index in [0.717, 1.165) is 38.5 Å². The van der Waals surface area contributed by atoms with Crippen molar-refractivity contribution >= 4 is 53.1 Å². The molecule has 0 amide bonds. The molecular weight excluding hydrogens is 814 g/mol. The number of carboxylic acids is 1. The van der Waals surface area contributed by atoms with Crippen LogP contribution in [0.5, 0.6) is 0 Å². The van der Waals surface area contributed by atoms with Crippen molar-refractivity contribution in [2.45, 2.75) is 200 Å². The summed E-state index contributed by atoms with van der Waals surface area (Å²) in [5.74, 6) is -1.31. The van der Waals surface area contributed by atoms with Gasteiger partial charge in [-0.15, -0.1) is 0 Å². The van der Waals surface area contributed by atoms with Crippen LogP contribution in [-0.2, 0) is 46.8 Å². The molecule has 0 saturated carbocycles. The van der Waals surface area contributed by atoms with E-state index in [2.05, 4.69) is 13.8 Å². The Labute approximate surface area is 367 Å². The molecule has 3 unspecified atom stereocenters. The normalized spacial score (nSPS) is 13.8. The molecule has 0 radical (unpaired) electrons. The quantitative estimate of drug-likeness (QED) is 0.0203. The number of unbranched alkanes of at least 4 members (excludes halogenated alkanes) is 20. The van der Waals surface area contributed by atoms with Gasteiger partial charge in [0.25, 0.3) is 0 Å². The molecule has 12 nitrogen and oxygen atoms in total. The van der Waals surface area contributed by atoms with Gasteiger partial charge in [0.15, 0.2) is 6.10 Å². The smallest absolute Gasteiger partial charge is 0.475 e. The average molecular weight is 899 g/mol. The molecule has 0 aliphatic carbocycles. The van der Waals surface area contributed by atoms with Crippen LogP contribution in [0.4, 0.5) is 0 Å². The van der Waals surface area contributed by atoms with Crippen LogP contribution >= 0.6 is 29.4 Å². The fourth-order valence-corrected chi connectivity index (χ4v) is 10.2. The molecule has 0 aliphatic rings. The first kappa shape index (κ1) is 57.9. The van der Waals surface area contributed by atoms with Gasteiger partial charge in [-0.05, 0) is 26.7 Å². The summed E-state index contributed by atoms with van der Waals surface area (Å²) in [6, 6.07) is 0. The number of carbonyl (C=O) groups excluding carboxylic acids is 3. The van der Waals surface area contributed by atoms with Gasteiger partial charge in [-0.1, -0.05) is 164 Å². The summed E-state index contributed by atoms with van der Waals surface area (Å²) in [5, 5.41) is 8.47. The summed E-state index contributed by atoms with van der Waals surface area (Å²) >= 11 is 0. The van der Waals surface area contributed by atoms with Crippen molar-refractivity contribution in [3.05, 3.63) is 0 Å². The van der Waals surface area contributed by atoms with Gasteiger partial charge >= 0.3 is 25.7 Å². The molecule has 0 aliphatic heterocycles. The predicted molar refractivity (Wildman–Crippen MR) is 243 cm³/mol. The van der Waals surface area contributed by atoms with E-state index in [9.17, 15) is 23.7 Å². The first-order valence-corrected chi connectivity index (χ1v) is 26.8. The molecule has 0 spiro atoms. The summed E-state index contributed by atoms with van der Waals surface area (Å²) in [6.45, 7) is 8.25. The minimum Gasteiger partial charge on any atom is -0.481 e. The number of nitrogens with zero attached hydrogens (tertiary/aromatic N) is 1. The van der Waals surface area contributed by atoms with Gasteiger partial charge in [-0.25, -0.2) is 4.57 Å². The van der Waals surface area contributed by atoms with E-state index < -0.39 is 31.1 Å². The maximum absolute atomic E-state index is 13.6. The summed E-state index contributed by atoms with van der Waals surface area (Å²) in [6.07, 6.45) is 25.2. The van der Waals surface area contributed by atoms with Gasteiger partial charge in [0.2, 0.25) is 0 Å². The predicted octanol–water partition coefficient (Wildman–Crippen LogP) is 11.9. The molecule has 0 bridgehead atoms. The Morgan fingerprint density at radius 3 is 1.56 bits per heavy atom. The highest BCUT2D eigenvalue weighted by atomic mass is 33.1. The number of carbonyl (C=O) groups is 4. The molecule has 1 N–H and O–H groups in total. The average Bonchev–Trinajstić information content (AvgIpc) is 3.18. The van der Waals surface area contributed by atoms with Gasteiger partial charge in [0.05, 0.1) is 51.3 Å². The summed E-state index contributed by atoms with van der Waals surface area (Å²) in [4.78, 5) is 48.4.